The first-order chi connectivity index (χ1) is 15.5. The van der Waals surface area contributed by atoms with E-state index in [0.29, 0.717) is 22.2 Å². The lowest BCUT2D eigenvalue weighted by molar-refractivity contribution is -0.119. The lowest BCUT2D eigenvalue weighted by Gasteiger charge is -2.21. The zero-order valence-electron chi connectivity index (χ0n) is 17.4. The third-order valence-electron chi connectivity index (χ3n) is 5.77. The predicted octanol–water partition coefficient (Wildman–Crippen LogP) is 2.63. The molecule has 8 nitrogen and oxygen atoms in total. The van der Waals surface area contributed by atoms with Crippen LogP contribution in [0.25, 0.3) is 27.8 Å². The maximum absolute atomic E-state index is 13.6. The second-order valence-electron chi connectivity index (χ2n) is 7.85. The number of amides is 1. The SMILES string of the molecule is CN(C(=O)C1CCCN1)c1ccc(-n2cc(-c3cc4cc(F)ccc4[nH]c3=O)nn2)cc1. The summed E-state index contributed by atoms with van der Waals surface area (Å²) >= 11 is 0. The molecule has 1 amide bonds. The van der Waals surface area contributed by atoms with Crippen molar-refractivity contribution < 1.29 is 9.18 Å². The quantitative estimate of drug-likeness (QED) is 0.517. The molecular formula is C23H21FN6O2. The van der Waals surface area contributed by atoms with Gasteiger partial charge < -0.3 is 15.2 Å². The van der Waals surface area contributed by atoms with Gasteiger partial charge in [0.25, 0.3) is 5.56 Å². The highest BCUT2D eigenvalue weighted by Gasteiger charge is 2.25. The molecule has 2 N–H and O–H groups in total. The summed E-state index contributed by atoms with van der Waals surface area (Å²) < 4.78 is 15.1. The molecule has 1 aliphatic rings. The summed E-state index contributed by atoms with van der Waals surface area (Å²) in [5.41, 5.74) is 2.42. The Balaban J connectivity index is 1.40. The van der Waals surface area contributed by atoms with E-state index in [2.05, 4.69) is 20.6 Å². The molecule has 0 bridgehead atoms. The summed E-state index contributed by atoms with van der Waals surface area (Å²) in [5.74, 6) is -0.336. The van der Waals surface area contributed by atoms with Crippen LogP contribution in [-0.2, 0) is 4.79 Å². The molecule has 0 aliphatic carbocycles. The zero-order chi connectivity index (χ0) is 22.2. The van der Waals surface area contributed by atoms with Crippen LogP contribution >= 0.6 is 0 Å². The van der Waals surface area contributed by atoms with E-state index >= 15 is 0 Å². The smallest absolute Gasteiger partial charge is 0.258 e. The zero-order valence-corrected chi connectivity index (χ0v) is 17.4. The largest absolute Gasteiger partial charge is 0.321 e. The van der Waals surface area contributed by atoms with Crippen LogP contribution in [0.1, 0.15) is 12.8 Å². The van der Waals surface area contributed by atoms with Gasteiger partial charge in [0.05, 0.1) is 23.5 Å². The van der Waals surface area contributed by atoms with Gasteiger partial charge in [0.15, 0.2) is 0 Å². The fraction of sp³-hybridized carbons (Fsp3) is 0.217. The Morgan fingerprint density at radius 2 is 2.00 bits per heavy atom. The lowest BCUT2D eigenvalue weighted by Crippen LogP contribution is -2.41. The first-order valence-electron chi connectivity index (χ1n) is 10.4. The van der Waals surface area contributed by atoms with Crippen molar-refractivity contribution >= 4 is 22.5 Å². The van der Waals surface area contributed by atoms with Gasteiger partial charge in [-0.15, -0.1) is 5.10 Å². The highest BCUT2D eigenvalue weighted by Crippen LogP contribution is 2.22. The number of anilines is 1. The summed E-state index contributed by atoms with van der Waals surface area (Å²) in [6.45, 7) is 0.868. The van der Waals surface area contributed by atoms with E-state index < -0.39 is 0 Å². The first kappa shape index (κ1) is 20.1. The third-order valence-corrected chi connectivity index (χ3v) is 5.77. The molecule has 0 spiro atoms. The maximum Gasteiger partial charge on any atom is 0.258 e. The molecule has 32 heavy (non-hydrogen) atoms. The number of H-pyrrole nitrogens is 1. The topological polar surface area (TPSA) is 95.9 Å². The molecule has 1 unspecified atom stereocenters. The molecule has 9 heteroatoms. The Bertz CT molecular complexity index is 1360. The number of fused-ring (bicyclic) bond motifs is 1. The Kier molecular flexibility index (Phi) is 5.02. The van der Waals surface area contributed by atoms with Gasteiger partial charge in [0, 0.05) is 23.6 Å². The van der Waals surface area contributed by atoms with E-state index in [4.69, 9.17) is 0 Å². The predicted molar refractivity (Wildman–Crippen MR) is 119 cm³/mol. The number of nitrogens with zero attached hydrogens (tertiary/aromatic N) is 4. The van der Waals surface area contributed by atoms with Gasteiger partial charge in [-0.3, -0.25) is 9.59 Å². The molecule has 0 saturated carbocycles. The van der Waals surface area contributed by atoms with Crippen molar-refractivity contribution in [2.24, 2.45) is 0 Å². The van der Waals surface area contributed by atoms with Crippen molar-refractivity contribution in [3.8, 4) is 16.9 Å². The van der Waals surface area contributed by atoms with Crippen molar-refractivity contribution in [3.63, 3.8) is 0 Å². The van der Waals surface area contributed by atoms with Gasteiger partial charge in [-0.2, -0.15) is 0 Å². The van der Waals surface area contributed by atoms with Gasteiger partial charge in [-0.05, 0) is 67.9 Å². The van der Waals surface area contributed by atoms with Gasteiger partial charge in [-0.25, -0.2) is 9.07 Å². The van der Waals surface area contributed by atoms with Crippen LogP contribution in [0, 0.1) is 5.82 Å². The Morgan fingerprint density at radius 1 is 1.19 bits per heavy atom. The van der Waals surface area contributed by atoms with Gasteiger partial charge in [-0.1, -0.05) is 5.21 Å². The molecule has 2 aromatic heterocycles. The molecule has 3 heterocycles. The van der Waals surface area contributed by atoms with Crippen molar-refractivity contribution in [1.29, 1.82) is 0 Å². The van der Waals surface area contributed by atoms with Crippen LogP contribution in [0.2, 0.25) is 0 Å². The minimum Gasteiger partial charge on any atom is -0.321 e. The van der Waals surface area contributed by atoms with E-state index in [-0.39, 0.29) is 23.3 Å². The van der Waals surface area contributed by atoms with Gasteiger partial charge in [0.2, 0.25) is 5.91 Å². The van der Waals surface area contributed by atoms with Crippen molar-refractivity contribution in [1.82, 2.24) is 25.3 Å². The molecule has 2 aromatic carbocycles. The number of aromatic nitrogens is 4. The van der Waals surface area contributed by atoms with E-state index in [1.807, 2.05) is 24.3 Å². The Morgan fingerprint density at radius 3 is 2.75 bits per heavy atom. The van der Waals surface area contributed by atoms with Crippen molar-refractivity contribution in [2.45, 2.75) is 18.9 Å². The second kappa shape index (κ2) is 8.01. The number of carbonyl (C=O) groups is 1. The van der Waals surface area contributed by atoms with Crippen LogP contribution in [0.4, 0.5) is 10.1 Å². The highest BCUT2D eigenvalue weighted by molar-refractivity contribution is 5.97. The minimum atomic E-state index is -0.383. The molecule has 5 rings (SSSR count). The molecule has 0 radical (unpaired) electrons. The monoisotopic (exact) mass is 432 g/mol. The number of hydrogen-bond acceptors (Lipinski definition) is 5. The Labute approximate surface area is 182 Å². The fourth-order valence-corrected chi connectivity index (χ4v) is 3.97. The van der Waals surface area contributed by atoms with Crippen molar-refractivity contribution in [3.05, 3.63) is 70.9 Å². The summed E-state index contributed by atoms with van der Waals surface area (Å²) in [4.78, 5) is 29.5. The van der Waals surface area contributed by atoms with Crippen LogP contribution in [0.3, 0.4) is 0 Å². The van der Waals surface area contributed by atoms with Crippen LogP contribution < -0.4 is 15.8 Å². The molecular weight excluding hydrogens is 411 g/mol. The Hall–Kier alpha value is -3.85. The number of rotatable bonds is 4. The molecule has 1 atom stereocenters. The number of aromatic amines is 1. The number of likely N-dealkylation sites (N-methyl/N-ethyl adjacent to an activating group) is 1. The third kappa shape index (κ3) is 3.67. The number of halogens is 1. The number of pyridine rings is 1. The number of hydrogen-bond donors (Lipinski definition) is 2. The standard InChI is InChI=1S/C23H21FN6O2/c1-29(23(32)20-3-2-10-25-20)16-5-7-17(8-6-16)30-13-21(27-28-30)18-12-14-11-15(24)4-9-19(14)26-22(18)31/h4-9,11-13,20,25H,2-3,10H2,1H3,(H,26,31). The number of carbonyl (C=O) groups excluding carboxylic acids is 1. The van der Waals surface area contributed by atoms with Crippen LogP contribution in [0.5, 0.6) is 0 Å². The fourth-order valence-electron chi connectivity index (χ4n) is 3.97. The van der Waals surface area contributed by atoms with E-state index in [1.54, 1.807) is 28.9 Å². The van der Waals surface area contributed by atoms with E-state index in [9.17, 15) is 14.0 Å². The first-order valence-corrected chi connectivity index (χ1v) is 10.4. The lowest BCUT2D eigenvalue weighted by atomic mass is 10.1. The van der Waals surface area contributed by atoms with Crippen LogP contribution in [-0.4, -0.2) is 45.5 Å². The molecule has 1 fully saturated rings. The minimum absolute atomic E-state index is 0.0465. The number of benzene rings is 2. The average molecular weight is 432 g/mol. The van der Waals surface area contributed by atoms with E-state index in [1.165, 1.54) is 18.2 Å². The van der Waals surface area contributed by atoms with Gasteiger partial charge in [0.1, 0.15) is 11.5 Å². The van der Waals surface area contributed by atoms with Crippen molar-refractivity contribution in [2.75, 3.05) is 18.5 Å². The summed E-state index contributed by atoms with van der Waals surface area (Å²) in [6, 6.07) is 13.0. The maximum atomic E-state index is 13.6. The van der Waals surface area contributed by atoms with E-state index in [0.717, 1.165) is 30.8 Å². The molecule has 4 aromatic rings. The molecule has 1 aliphatic heterocycles. The summed E-state index contributed by atoms with van der Waals surface area (Å²) in [7, 11) is 1.76. The number of nitrogens with one attached hydrogen (secondary N) is 2. The summed E-state index contributed by atoms with van der Waals surface area (Å²) in [6.07, 6.45) is 3.50. The molecule has 1 saturated heterocycles. The second-order valence-corrected chi connectivity index (χ2v) is 7.85. The molecule has 162 valence electrons. The highest BCUT2D eigenvalue weighted by atomic mass is 19.1. The van der Waals surface area contributed by atoms with Crippen LogP contribution in [0.15, 0.2) is 59.5 Å². The summed E-state index contributed by atoms with van der Waals surface area (Å²) in [5, 5.41) is 12.0. The van der Waals surface area contributed by atoms with Gasteiger partial charge >= 0.3 is 0 Å². The normalized spacial score (nSPS) is 15.9. The average Bonchev–Trinajstić information content (AvgIpc) is 3.51.